The molecular formula is C25H22N2O3S2. The summed E-state index contributed by atoms with van der Waals surface area (Å²) in [5.74, 6) is -0.325. The fraction of sp³-hybridized carbons (Fsp3) is 0.120. The van der Waals surface area contributed by atoms with E-state index in [-0.39, 0.29) is 29.4 Å². The fourth-order valence-electron chi connectivity index (χ4n) is 3.30. The van der Waals surface area contributed by atoms with Gasteiger partial charge in [-0.1, -0.05) is 90.2 Å². The van der Waals surface area contributed by atoms with Crippen LogP contribution in [-0.2, 0) is 14.6 Å². The monoisotopic (exact) mass is 462 g/mol. The van der Waals surface area contributed by atoms with Crippen molar-refractivity contribution in [2.24, 2.45) is 0 Å². The minimum atomic E-state index is -3.40. The van der Waals surface area contributed by atoms with Crippen molar-refractivity contribution in [2.45, 2.75) is 17.7 Å². The third kappa shape index (κ3) is 5.30. The van der Waals surface area contributed by atoms with Crippen molar-refractivity contribution in [3.63, 3.8) is 0 Å². The second kappa shape index (κ2) is 9.89. The van der Waals surface area contributed by atoms with E-state index < -0.39 is 9.84 Å². The van der Waals surface area contributed by atoms with E-state index in [9.17, 15) is 13.2 Å². The maximum Gasteiger partial charge on any atom is 0.226 e. The molecule has 1 heterocycles. The van der Waals surface area contributed by atoms with Gasteiger partial charge in [-0.2, -0.15) is 0 Å². The average Bonchev–Trinajstić information content (AvgIpc) is 3.24. The smallest absolute Gasteiger partial charge is 0.226 e. The molecular weight excluding hydrogens is 440 g/mol. The number of amides is 1. The van der Waals surface area contributed by atoms with Gasteiger partial charge in [-0.15, -0.1) is 0 Å². The number of carbonyl (C=O) groups is 1. The van der Waals surface area contributed by atoms with Crippen LogP contribution in [0.15, 0.2) is 95.9 Å². The molecule has 4 aromatic rings. The molecule has 1 amide bonds. The van der Waals surface area contributed by atoms with Crippen LogP contribution in [0, 0.1) is 0 Å². The lowest BCUT2D eigenvalue weighted by molar-refractivity contribution is -0.116. The van der Waals surface area contributed by atoms with E-state index in [0.717, 1.165) is 21.7 Å². The molecule has 32 heavy (non-hydrogen) atoms. The zero-order valence-electron chi connectivity index (χ0n) is 17.3. The van der Waals surface area contributed by atoms with E-state index in [4.69, 9.17) is 0 Å². The summed E-state index contributed by atoms with van der Waals surface area (Å²) >= 11 is 1.41. The van der Waals surface area contributed by atoms with Gasteiger partial charge in [-0.25, -0.2) is 13.4 Å². The van der Waals surface area contributed by atoms with Gasteiger partial charge in [0.15, 0.2) is 15.0 Å². The van der Waals surface area contributed by atoms with Crippen molar-refractivity contribution >= 4 is 32.2 Å². The van der Waals surface area contributed by atoms with Crippen molar-refractivity contribution in [2.75, 3.05) is 11.1 Å². The highest BCUT2D eigenvalue weighted by atomic mass is 32.2. The number of anilines is 1. The highest BCUT2D eigenvalue weighted by Crippen LogP contribution is 2.38. The number of thiazole rings is 1. The van der Waals surface area contributed by atoms with Gasteiger partial charge >= 0.3 is 0 Å². The molecule has 0 spiro atoms. The normalized spacial score (nSPS) is 11.2. The van der Waals surface area contributed by atoms with Crippen molar-refractivity contribution in [3.05, 3.63) is 91.0 Å². The molecule has 0 aliphatic rings. The highest BCUT2D eigenvalue weighted by Gasteiger charge is 2.18. The first-order valence-corrected chi connectivity index (χ1v) is 12.7. The van der Waals surface area contributed by atoms with E-state index in [1.54, 1.807) is 30.3 Å². The summed E-state index contributed by atoms with van der Waals surface area (Å²) in [5, 5.41) is 3.34. The second-order valence-corrected chi connectivity index (χ2v) is 10.3. The van der Waals surface area contributed by atoms with Crippen LogP contribution >= 0.6 is 11.3 Å². The number of sulfone groups is 1. The molecule has 1 N–H and O–H groups in total. The maximum atomic E-state index is 12.5. The third-order valence-corrected chi connectivity index (χ3v) is 7.71. The molecule has 0 saturated heterocycles. The Morgan fingerprint density at radius 1 is 0.812 bits per heavy atom. The Balaban J connectivity index is 1.46. The number of rotatable bonds is 8. The predicted octanol–water partition coefficient (Wildman–Crippen LogP) is 5.67. The lowest BCUT2D eigenvalue weighted by Crippen LogP contribution is -2.14. The molecule has 0 aliphatic heterocycles. The first kappa shape index (κ1) is 21.9. The summed E-state index contributed by atoms with van der Waals surface area (Å²) in [6.45, 7) is 0. The molecule has 0 bridgehead atoms. The quantitative estimate of drug-likeness (QED) is 0.366. The zero-order chi connectivity index (χ0) is 22.4. The van der Waals surface area contributed by atoms with Gasteiger partial charge in [0.2, 0.25) is 5.91 Å². The zero-order valence-corrected chi connectivity index (χ0v) is 18.9. The Labute approximate surface area is 191 Å². The number of benzene rings is 3. The summed E-state index contributed by atoms with van der Waals surface area (Å²) < 4.78 is 24.8. The van der Waals surface area contributed by atoms with Gasteiger partial charge in [-0.3, -0.25) is 4.79 Å². The van der Waals surface area contributed by atoms with Gasteiger partial charge in [0.25, 0.3) is 0 Å². The van der Waals surface area contributed by atoms with E-state index >= 15 is 0 Å². The second-order valence-electron chi connectivity index (χ2n) is 7.21. The molecule has 0 saturated carbocycles. The molecule has 0 fully saturated rings. The Hall–Kier alpha value is -3.29. The number of nitrogens with one attached hydrogen (secondary N) is 1. The standard InChI is InChI=1S/C25H22N2O3S2/c28-22(17-10-18-32(29,30)21-15-8-3-9-16-21)26-25-27-23(19-11-4-1-5-12-19)24(31-25)20-13-6-2-7-14-20/h1-9,11-16H,10,17-18H2,(H,26,27,28). The average molecular weight is 463 g/mol. The molecule has 7 heteroatoms. The summed E-state index contributed by atoms with van der Waals surface area (Å²) in [7, 11) is -3.40. The minimum absolute atomic E-state index is 0.0766. The van der Waals surface area contributed by atoms with Crippen molar-refractivity contribution in [1.82, 2.24) is 4.98 Å². The highest BCUT2D eigenvalue weighted by molar-refractivity contribution is 7.91. The van der Waals surface area contributed by atoms with E-state index in [1.165, 1.54) is 11.3 Å². The number of aromatic nitrogens is 1. The molecule has 162 valence electrons. The number of carbonyl (C=O) groups excluding carboxylic acids is 1. The molecule has 0 aliphatic carbocycles. The summed E-state index contributed by atoms with van der Waals surface area (Å²) in [6.07, 6.45) is 0.346. The molecule has 3 aromatic carbocycles. The van der Waals surface area contributed by atoms with Crippen LogP contribution in [0.2, 0.25) is 0 Å². The van der Waals surface area contributed by atoms with Crippen LogP contribution in [0.25, 0.3) is 21.7 Å². The van der Waals surface area contributed by atoms with Crippen molar-refractivity contribution < 1.29 is 13.2 Å². The molecule has 1 aromatic heterocycles. The van der Waals surface area contributed by atoms with Gasteiger partial charge in [0, 0.05) is 12.0 Å². The predicted molar refractivity (Wildman–Crippen MR) is 129 cm³/mol. The van der Waals surface area contributed by atoms with Gasteiger partial charge < -0.3 is 5.32 Å². The first-order valence-electron chi connectivity index (χ1n) is 10.2. The topological polar surface area (TPSA) is 76.1 Å². The number of nitrogens with zero attached hydrogens (tertiary/aromatic N) is 1. The minimum Gasteiger partial charge on any atom is -0.302 e. The Bertz CT molecular complexity index is 1230. The molecule has 0 unspecified atom stereocenters. The van der Waals surface area contributed by atoms with Crippen LogP contribution in [0.3, 0.4) is 0 Å². The van der Waals surface area contributed by atoms with Crippen LogP contribution in [0.1, 0.15) is 12.8 Å². The van der Waals surface area contributed by atoms with Crippen LogP contribution in [-0.4, -0.2) is 25.1 Å². The Kier molecular flexibility index (Phi) is 6.78. The maximum absolute atomic E-state index is 12.5. The van der Waals surface area contributed by atoms with E-state index in [2.05, 4.69) is 10.3 Å². The Morgan fingerprint density at radius 3 is 2.00 bits per heavy atom. The van der Waals surface area contributed by atoms with Gasteiger partial charge in [0.05, 0.1) is 21.2 Å². The van der Waals surface area contributed by atoms with Crippen LogP contribution in [0.4, 0.5) is 5.13 Å². The first-order chi connectivity index (χ1) is 15.5. The van der Waals surface area contributed by atoms with Crippen molar-refractivity contribution in [3.8, 4) is 21.7 Å². The molecule has 4 rings (SSSR count). The summed E-state index contributed by atoms with van der Waals surface area (Å²) in [5.41, 5.74) is 2.80. The number of hydrogen-bond acceptors (Lipinski definition) is 5. The molecule has 5 nitrogen and oxygen atoms in total. The summed E-state index contributed by atoms with van der Waals surface area (Å²) in [6, 6.07) is 28.0. The largest absolute Gasteiger partial charge is 0.302 e. The van der Waals surface area contributed by atoms with Gasteiger partial charge in [-0.05, 0) is 24.1 Å². The number of hydrogen-bond donors (Lipinski definition) is 1. The SMILES string of the molecule is O=C(CCCS(=O)(=O)c1ccccc1)Nc1nc(-c2ccccc2)c(-c2ccccc2)s1. The third-order valence-electron chi connectivity index (χ3n) is 4.88. The molecule has 0 atom stereocenters. The van der Waals surface area contributed by atoms with Crippen molar-refractivity contribution in [1.29, 1.82) is 0 Å². The van der Waals surface area contributed by atoms with E-state index in [0.29, 0.717) is 5.13 Å². The van der Waals surface area contributed by atoms with E-state index in [1.807, 2.05) is 60.7 Å². The lowest BCUT2D eigenvalue weighted by atomic mass is 10.1. The van der Waals surface area contributed by atoms with Crippen LogP contribution in [0.5, 0.6) is 0 Å². The van der Waals surface area contributed by atoms with Crippen LogP contribution < -0.4 is 5.32 Å². The van der Waals surface area contributed by atoms with Gasteiger partial charge in [0.1, 0.15) is 0 Å². The Morgan fingerprint density at radius 2 is 1.38 bits per heavy atom. The fourth-order valence-corrected chi connectivity index (χ4v) is 5.64. The lowest BCUT2D eigenvalue weighted by Gasteiger charge is -2.04. The summed E-state index contributed by atoms with van der Waals surface area (Å²) in [4.78, 5) is 18.4. The molecule has 0 radical (unpaired) electrons.